The Bertz CT molecular complexity index is 320. The summed E-state index contributed by atoms with van der Waals surface area (Å²) in [5.41, 5.74) is 8.09. The van der Waals surface area contributed by atoms with Crippen LogP contribution in [0, 0.1) is 0 Å². The SMILES string of the molecule is CC[C@@](Cc1ccccc1)(NN)C(N)=O. The van der Waals surface area contributed by atoms with Gasteiger partial charge in [-0.15, -0.1) is 0 Å². The molecule has 1 aromatic rings. The molecule has 0 saturated heterocycles. The fourth-order valence-corrected chi connectivity index (χ4v) is 1.55. The van der Waals surface area contributed by atoms with Crippen LogP contribution in [0.5, 0.6) is 0 Å². The van der Waals surface area contributed by atoms with Gasteiger partial charge in [0.05, 0.1) is 0 Å². The number of nitrogens with two attached hydrogens (primary N) is 2. The van der Waals surface area contributed by atoms with Gasteiger partial charge in [-0.05, 0) is 12.0 Å². The van der Waals surface area contributed by atoms with Crippen LogP contribution in [0.3, 0.4) is 0 Å². The van der Waals surface area contributed by atoms with Gasteiger partial charge in [-0.3, -0.25) is 10.6 Å². The van der Waals surface area contributed by atoms with E-state index in [1.807, 2.05) is 37.3 Å². The maximum Gasteiger partial charge on any atom is 0.239 e. The molecule has 4 nitrogen and oxygen atoms in total. The molecule has 0 aliphatic carbocycles. The smallest absolute Gasteiger partial charge is 0.239 e. The molecule has 0 saturated carbocycles. The second kappa shape index (κ2) is 4.91. The number of carbonyl (C=O) groups excluding carboxylic acids is 1. The largest absolute Gasteiger partial charge is 0.368 e. The summed E-state index contributed by atoms with van der Waals surface area (Å²) in [7, 11) is 0. The third-order valence-corrected chi connectivity index (χ3v) is 2.70. The van der Waals surface area contributed by atoms with Crippen molar-refractivity contribution in [3.8, 4) is 0 Å². The average molecular weight is 207 g/mol. The molecule has 0 heterocycles. The van der Waals surface area contributed by atoms with E-state index < -0.39 is 11.4 Å². The van der Waals surface area contributed by atoms with Gasteiger partial charge in [0.15, 0.2) is 0 Å². The van der Waals surface area contributed by atoms with E-state index in [2.05, 4.69) is 5.43 Å². The van der Waals surface area contributed by atoms with Crippen molar-refractivity contribution in [2.45, 2.75) is 25.3 Å². The van der Waals surface area contributed by atoms with Gasteiger partial charge in [-0.25, -0.2) is 5.43 Å². The minimum absolute atomic E-state index is 0.420. The number of nitrogens with one attached hydrogen (secondary N) is 1. The lowest BCUT2D eigenvalue weighted by atomic mass is 9.88. The number of benzene rings is 1. The second-order valence-electron chi connectivity index (χ2n) is 3.61. The highest BCUT2D eigenvalue weighted by atomic mass is 16.1. The number of hydrogen-bond acceptors (Lipinski definition) is 3. The molecule has 1 amide bonds. The van der Waals surface area contributed by atoms with Crippen LogP contribution in [0.15, 0.2) is 30.3 Å². The standard InChI is InChI=1S/C11H17N3O/c1-2-11(14-13,10(12)15)8-9-6-4-3-5-7-9/h3-7,14H,2,8,13H2,1H3,(H2,12,15)/t11-/m0/s1. The van der Waals surface area contributed by atoms with Crippen LogP contribution in [-0.2, 0) is 11.2 Å². The lowest BCUT2D eigenvalue weighted by molar-refractivity contribution is -0.124. The first kappa shape index (κ1) is 11.7. The van der Waals surface area contributed by atoms with E-state index >= 15 is 0 Å². The first-order chi connectivity index (χ1) is 7.14. The number of amides is 1. The van der Waals surface area contributed by atoms with Crippen LogP contribution in [0.1, 0.15) is 18.9 Å². The van der Waals surface area contributed by atoms with E-state index in [4.69, 9.17) is 11.6 Å². The highest BCUT2D eigenvalue weighted by molar-refractivity contribution is 5.84. The minimum atomic E-state index is -0.846. The molecule has 0 aromatic heterocycles. The average Bonchev–Trinajstić information content (AvgIpc) is 2.27. The van der Waals surface area contributed by atoms with Gasteiger partial charge in [0.2, 0.25) is 5.91 Å². The Morgan fingerprint density at radius 3 is 2.40 bits per heavy atom. The third kappa shape index (κ3) is 2.55. The van der Waals surface area contributed by atoms with Gasteiger partial charge in [-0.1, -0.05) is 37.3 Å². The summed E-state index contributed by atoms with van der Waals surface area (Å²) in [6.45, 7) is 1.88. The molecule has 5 N–H and O–H groups in total. The van der Waals surface area contributed by atoms with Gasteiger partial charge >= 0.3 is 0 Å². The van der Waals surface area contributed by atoms with Gasteiger partial charge in [0.1, 0.15) is 5.54 Å². The normalized spacial score (nSPS) is 14.5. The molecule has 1 aromatic carbocycles. The van der Waals surface area contributed by atoms with Crippen molar-refractivity contribution in [1.82, 2.24) is 5.43 Å². The van der Waals surface area contributed by atoms with Crippen LogP contribution in [0.4, 0.5) is 0 Å². The Hall–Kier alpha value is -1.39. The molecule has 0 fully saturated rings. The molecule has 15 heavy (non-hydrogen) atoms. The molecule has 0 bridgehead atoms. The minimum Gasteiger partial charge on any atom is -0.368 e. The van der Waals surface area contributed by atoms with Crippen LogP contribution in [0.2, 0.25) is 0 Å². The van der Waals surface area contributed by atoms with Crippen LogP contribution in [0.25, 0.3) is 0 Å². The Morgan fingerprint density at radius 1 is 1.40 bits per heavy atom. The summed E-state index contributed by atoms with van der Waals surface area (Å²) in [5, 5.41) is 0. The van der Waals surface area contributed by atoms with Gasteiger partial charge in [0, 0.05) is 6.42 Å². The first-order valence-electron chi connectivity index (χ1n) is 4.96. The zero-order chi connectivity index (χ0) is 11.3. The summed E-state index contributed by atoms with van der Waals surface area (Å²) < 4.78 is 0. The van der Waals surface area contributed by atoms with Crippen LogP contribution < -0.4 is 17.0 Å². The zero-order valence-electron chi connectivity index (χ0n) is 8.86. The Morgan fingerprint density at radius 2 is 2.00 bits per heavy atom. The van der Waals surface area contributed by atoms with E-state index in [1.165, 1.54) is 0 Å². The maximum absolute atomic E-state index is 11.4. The number of primary amides is 1. The van der Waals surface area contributed by atoms with E-state index in [0.29, 0.717) is 12.8 Å². The van der Waals surface area contributed by atoms with E-state index in [9.17, 15) is 4.79 Å². The monoisotopic (exact) mass is 207 g/mol. The lowest BCUT2D eigenvalue weighted by Gasteiger charge is -2.28. The van der Waals surface area contributed by atoms with E-state index in [-0.39, 0.29) is 0 Å². The number of hydrogen-bond donors (Lipinski definition) is 3. The summed E-state index contributed by atoms with van der Waals surface area (Å²) in [5.74, 6) is 5.00. The predicted molar refractivity (Wildman–Crippen MR) is 59.7 cm³/mol. The van der Waals surface area contributed by atoms with Crippen molar-refractivity contribution < 1.29 is 4.79 Å². The maximum atomic E-state index is 11.4. The van der Waals surface area contributed by atoms with Gasteiger partial charge < -0.3 is 5.73 Å². The Kier molecular flexibility index (Phi) is 3.82. The molecular weight excluding hydrogens is 190 g/mol. The molecule has 1 rings (SSSR count). The van der Waals surface area contributed by atoms with Crippen molar-refractivity contribution in [2.24, 2.45) is 11.6 Å². The van der Waals surface area contributed by atoms with Gasteiger partial charge in [-0.2, -0.15) is 0 Å². The zero-order valence-corrected chi connectivity index (χ0v) is 8.86. The Balaban J connectivity index is 2.89. The topological polar surface area (TPSA) is 81.1 Å². The van der Waals surface area contributed by atoms with E-state index in [0.717, 1.165) is 5.56 Å². The second-order valence-corrected chi connectivity index (χ2v) is 3.61. The van der Waals surface area contributed by atoms with Crippen molar-refractivity contribution in [3.63, 3.8) is 0 Å². The molecule has 4 heteroatoms. The summed E-state index contributed by atoms with van der Waals surface area (Å²) >= 11 is 0. The molecule has 0 radical (unpaired) electrons. The molecule has 0 aliphatic heterocycles. The summed E-state index contributed by atoms with van der Waals surface area (Å²) in [6.07, 6.45) is 1.07. The highest BCUT2D eigenvalue weighted by Crippen LogP contribution is 2.16. The number of hydrazine groups is 1. The molecule has 0 unspecified atom stereocenters. The Labute approximate surface area is 89.6 Å². The predicted octanol–water partition coefficient (Wildman–Crippen LogP) is 0.326. The molecule has 0 aliphatic rings. The molecule has 1 atom stereocenters. The fourth-order valence-electron chi connectivity index (χ4n) is 1.55. The van der Waals surface area contributed by atoms with Gasteiger partial charge in [0.25, 0.3) is 0 Å². The van der Waals surface area contributed by atoms with Crippen LogP contribution in [-0.4, -0.2) is 11.4 Å². The lowest BCUT2D eigenvalue weighted by Crippen LogP contribution is -2.59. The van der Waals surface area contributed by atoms with E-state index in [1.54, 1.807) is 0 Å². The van der Waals surface area contributed by atoms with Crippen LogP contribution >= 0.6 is 0 Å². The van der Waals surface area contributed by atoms with Crippen molar-refractivity contribution >= 4 is 5.91 Å². The number of carbonyl (C=O) groups is 1. The quantitative estimate of drug-likeness (QED) is 0.480. The summed E-state index contributed by atoms with van der Waals surface area (Å²) in [4.78, 5) is 11.4. The summed E-state index contributed by atoms with van der Waals surface area (Å²) in [6, 6.07) is 9.67. The fraction of sp³-hybridized carbons (Fsp3) is 0.364. The third-order valence-electron chi connectivity index (χ3n) is 2.70. The van der Waals surface area contributed by atoms with Crippen molar-refractivity contribution in [1.29, 1.82) is 0 Å². The number of rotatable bonds is 5. The molecule has 0 spiro atoms. The first-order valence-corrected chi connectivity index (χ1v) is 4.96. The molecular formula is C11H17N3O. The molecule has 82 valence electrons. The van der Waals surface area contributed by atoms with Crippen molar-refractivity contribution in [3.05, 3.63) is 35.9 Å². The highest BCUT2D eigenvalue weighted by Gasteiger charge is 2.33. The van der Waals surface area contributed by atoms with Crippen molar-refractivity contribution in [2.75, 3.05) is 0 Å².